The maximum absolute atomic E-state index is 12.5. The van der Waals surface area contributed by atoms with Crippen molar-refractivity contribution in [1.82, 2.24) is 0 Å². The molecule has 0 saturated heterocycles. The van der Waals surface area contributed by atoms with Gasteiger partial charge in [-0.1, -0.05) is 17.7 Å². The van der Waals surface area contributed by atoms with Gasteiger partial charge < -0.3 is 9.47 Å². The molecule has 0 bridgehead atoms. The lowest BCUT2D eigenvalue weighted by Crippen LogP contribution is -2.13. The average molecular weight is 319 g/mol. The molecule has 2 aromatic rings. The van der Waals surface area contributed by atoms with Gasteiger partial charge in [-0.25, -0.2) is 8.42 Å². The van der Waals surface area contributed by atoms with Gasteiger partial charge >= 0.3 is 0 Å². The molecule has 1 N–H and O–H groups in total. The second kappa shape index (κ2) is 5.88. The molecule has 0 unspecified atom stereocenters. The Morgan fingerprint density at radius 1 is 0.955 bits per heavy atom. The average Bonchev–Trinajstić information content (AvgIpc) is 2.74. The van der Waals surface area contributed by atoms with E-state index in [0.29, 0.717) is 30.4 Å². The third-order valence-electron chi connectivity index (χ3n) is 3.33. The molecule has 0 spiro atoms. The van der Waals surface area contributed by atoms with Crippen LogP contribution in [0.3, 0.4) is 0 Å². The van der Waals surface area contributed by atoms with Gasteiger partial charge in [-0.2, -0.15) is 0 Å². The predicted octanol–water partition coefficient (Wildman–Crippen LogP) is 2.96. The standard InChI is InChI=1S/C16H17NO4S/c1-12-3-5-13(6-4-12)17-22(18,19)14-7-8-15-16(11-14)21-10-2-9-20-15/h3-8,11,17H,2,9-10H2,1H3. The number of hydrogen-bond acceptors (Lipinski definition) is 4. The summed E-state index contributed by atoms with van der Waals surface area (Å²) >= 11 is 0. The molecule has 0 atom stereocenters. The van der Waals surface area contributed by atoms with E-state index in [-0.39, 0.29) is 4.90 Å². The molecule has 0 aliphatic carbocycles. The lowest BCUT2D eigenvalue weighted by atomic mass is 10.2. The molecule has 1 heterocycles. The maximum atomic E-state index is 12.5. The minimum Gasteiger partial charge on any atom is -0.490 e. The Morgan fingerprint density at radius 3 is 2.36 bits per heavy atom. The summed E-state index contributed by atoms with van der Waals surface area (Å²) in [5, 5.41) is 0. The summed E-state index contributed by atoms with van der Waals surface area (Å²) in [7, 11) is -3.66. The number of nitrogens with one attached hydrogen (secondary N) is 1. The highest BCUT2D eigenvalue weighted by atomic mass is 32.2. The van der Waals surface area contributed by atoms with Gasteiger partial charge in [0, 0.05) is 18.2 Å². The van der Waals surface area contributed by atoms with Gasteiger partial charge in [0.25, 0.3) is 10.0 Å². The molecule has 0 radical (unpaired) electrons. The Bertz CT molecular complexity index is 769. The molecule has 1 aliphatic rings. The van der Waals surface area contributed by atoms with Crippen LogP contribution < -0.4 is 14.2 Å². The maximum Gasteiger partial charge on any atom is 0.262 e. The van der Waals surface area contributed by atoms with Crippen molar-refractivity contribution >= 4 is 15.7 Å². The second-order valence-corrected chi connectivity index (χ2v) is 6.81. The van der Waals surface area contributed by atoms with Crippen LogP contribution in [-0.4, -0.2) is 21.6 Å². The van der Waals surface area contributed by atoms with E-state index in [1.54, 1.807) is 18.2 Å². The third kappa shape index (κ3) is 3.17. The number of hydrogen-bond donors (Lipinski definition) is 1. The topological polar surface area (TPSA) is 64.6 Å². The van der Waals surface area contributed by atoms with Gasteiger partial charge in [0.15, 0.2) is 11.5 Å². The molecule has 0 fully saturated rings. The Kier molecular flexibility index (Phi) is 3.94. The monoisotopic (exact) mass is 319 g/mol. The van der Waals surface area contributed by atoms with E-state index in [4.69, 9.17) is 9.47 Å². The largest absolute Gasteiger partial charge is 0.490 e. The number of rotatable bonds is 3. The molecular formula is C16H17NO4S. The van der Waals surface area contributed by atoms with Crippen LogP contribution in [0.15, 0.2) is 47.4 Å². The molecule has 0 saturated carbocycles. The summed E-state index contributed by atoms with van der Waals surface area (Å²) < 4.78 is 38.5. The lowest BCUT2D eigenvalue weighted by molar-refractivity contribution is 0.297. The fourth-order valence-corrected chi connectivity index (χ4v) is 3.22. The minimum absolute atomic E-state index is 0.150. The van der Waals surface area contributed by atoms with E-state index in [9.17, 15) is 8.42 Å². The molecule has 6 heteroatoms. The number of anilines is 1. The molecule has 2 aromatic carbocycles. The van der Waals surface area contributed by atoms with E-state index in [1.807, 2.05) is 19.1 Å². The zero-order chi connectivity index (χ0) is 15.6. The van der Waals surface area contributed by atoms with Gasteiger partial charge in [-0.3, -0.25) is 4.72 Å². The lowest BCUT2D eigenvalue weighted by Gasteiger charge is -2.11. The van der Waals surface area contributed by atoms with Crippen molar-refractivity contribution in [1.29, 1.82) is 0 Å². The van der Waals surface area contributed by atoms with Crippen LogP contribution in [0.4, 0.5) is 5.69 Å². The first-order chi connectivity index (χ1) is 10.5. The summed E-state index contributed by atoms with van der Waals surface area (Å²) in [6.07, 6.45) is 0.776. The Hall–Kier alpha value is -2.21. The molecule has 3 rings (SSSR count). The molecule has 0 amide bonds. The summed E-state index contributed by atoms with van der Waals surface area (Å²) in [6.45, 7) is 3.03. The molecular weight excluding hydrogens is 302 g/mol. The van der Waals surface area contributed by atoms with Crippen molar-refractivity contribution in [2.75, 3.05) is 17.9 Å². The minimum atomic E-state index is -3.66. The van der Waals surface area contributed by atoms with E-state index >= 15 is 0 Å². The summed E-state index contributed by atoms with van der Waals surface area (Å²) in [5.41, 5.74) is 1.59. The molecule has 0 aromatic heterocycles. The highest BCUT2D eigenvalue weighted by Crippen LogP contribution is 2.32. The molecule has 22 heavy (non-hydrogen) atoms. The second-order valence-electron chi connectivity index (χ2n) is 5.13. The summed E-state index contributed by atoms with van der Waals surface area (Å²) in [5.74, 6) is 1.04. The summed E-state index contributed by atoms with van der Waals surface area (Å²) in [6, 6.07) is 11.8. The quantitative estimate of drug-likeness (QED) is 0.944. The zero-order valence-electron chi connectivity index (χ0n) is 12.2. The van der Waals surface area contributed by atoms with Gasteiger partial charge in [0.1, 0.15) is 0 Å². The van der Waals surface area contributed by atoms with Gasteiger partial charge in [0.05, 0.1) is 18.1 Å². The summed E-state index contributed by atoms with van der Waals surface area (Å²) in [4.78, 5) is 0.150. The Balaban J connectivity index is 1.88. The van der Waals surface area contributed by atoms with Crippen molar-refractivity contribution in [2.45, 2.75) is 18.2 Å². The predicted molar refractivity (Wildman–Crippen MR) is 84.0 cm³/mol. The van der Waals surface area contributed by atoms with Crippen molar-refractivity contribution in [3.63, 3.8) is 0 Å². The fraction of sp³-hybridized carbons (Fsp3) is 0.250. The molecule has 5 nitrogen and oxygen atoms in total. The first-order valence-electron chi connectivity index (χ1n) is 7.04. The Morgan fingerprint density at radius 2 is 1.64 bits per heavy atom. The first-order valence-corrected chi connectivity index (χ1v) is 8.52. The Labute approximate surface area is 129 Å². The van der Waals surface area contributed by atoms with Crippen LogP contribution in [0.25, 0.3) is 0 Å². The number of sulfonamides is 1. The van der Waals surface area contributed by atoms with E-state index in [1.165, 1.54) is 12.1 Å². The first kappa shape index (κ1) is 14.7. The molecule has 1 aliphatic heterocycles. The van der Waals surface area contributed by atoms with Crippen LogP contribution >= 0.6 is 0 Å². The highest BCUT2D eigenvalue weighted by Gasteiger charge is 2.18. The van der Waals surface area contributed by atoms with Crippen LogP contribution in [0.2, 0.25) is 0 Å². The van der Waals surface area contributed by atoms with Crippen LogP contribution in [0.5, 0.6) is 11.5 Å². The normalized spacial score (nSPS) is 14.2. The van der Waals surface area contributed by atoms with Crippen molar-refractivity contribution in [3.8, 4) is 11.5 Å². The van der Waals surface area contributed by atoms with Crippen molar-refractivity contribution in [2.24, 2.45) is 0 Å². The van der Waals surface area contributed by atoms with Gasteiger partial charge in [0.2, 0.25) is 0 Å². The van der Waals surface area contributed by atoms with Crippen LogP contribution in [0, 0.1) is 6.92 Å². The number of fused-ring (bicyclic) bond motifs is 1. The van der Waals surface area contributed by atoms with Crippen LogP contribution in [-0.2, 0) is 10.0 Å². The van der Waals surface area contributed by atoms with Gasteiger partial charge in [-0.15, -0.1) is 0 Å². The zero-order valence-corrected chi connectivity index (χ0v) is 13.0. The van der Waals surface area contributed by atoms with Gasteiger partial charge in [-0.05, 0) is 31.2 Å². The highest BCUT2D eigenvalue weighted by molar-refractivity contribution is 7.92. The third-order valence-corrected chi connectivity index (χ3v) is 4.71. The number of aryl methyl sites for hydroxylation is 1. The number of benzene rings is 2. The van der Waals surface area contributed by atoms with Crippen molar-refractivity contribution in [3.05, 3.63) is 48.0 Å². The van der Waals surface area contributed by atoms with E-state index in [2.05, 4.69) is 4.72 Å². The van der Waals surface area contributed by atoms with Crippen molar-refractivity contribution < 1.29 is 17.9 Å². The van der Waals surface area contributed by atoms with Crippen LogP contribution in [0.1, 0.15) is 12.0 Å². The SMILES string of the molecule is Cc1ccc(NS(=O)(=O)c2ccc3c(c2)OCCCO3)cc1. The smallest absolute Gasteiger partial charge is 0.262 e. The van der Waals surface area contributed by atoms with E-state index in [0.717, 1.165) is 12.0 Å². The fourth-order valence-electron chi connectivity index (χ4n) is 2.15. The molecule has 116 valence electrons. The number of ether oxygens (including phenoxy) is 2. The van der Waals surface area contributed by atoms with E-state index < -0.39 is 10.0 Å².